The maximum atomic E-state index is 12.6. The lowest BCUT2D eigenvalue weighted by atomic mass is 9.99. The zero-order valence-corrected chi connectivity index (χ0v) is 18.1. The molecule has 1 aromatic heterocycles. The number of benzene rings is 1. The topological polar surface area (TPSA) is 129 Å². The van der Waals surface area contributed by atoms with Crippen molar-refractivity contribution in [3.8, 4) is 0 Å². The van der Waals surface area contributed by atoms with Crippen molar-refractivity contribution < 1.29 is 14.4 Å². The number of hydrogen-bond acceptors (Lipinski definition) is 4. The van der Waals surface area contributed by atoms with E-state index in [1.54, 1.807) is 0 Å². The first-order valence-electron chi connectivity index (χ1n) is 11.2. The number of unbranched alkanes of at least 4 members (excludes halogenated alkanes) is 2. The minimum absolute atomic E-state index is 0.0372. The number of aromatic nitrogens is 1. The highest BCUT2D eigenvalue weighted by Crippen LogP contribution is 2.20. The fourth-order valence-electron chi connectivity index (χ4n) is 3.97. The summed E-state index contributed by atoms with van der Waals surface area (Å²) in [5.41, 5.74) is 7.98. The van der Waals surface area contributed by atoms with Crippen LogP contribution in [0.3, 0.4) is 0 Å². The smallest absolute Gasteiger partial charge is 0.243 e. The van der Waals surface area contributed by atoms with Gasteiger partial charge < -0.3 is 26.7 Å². The molecule has 6 N–H and O–H groups in total. The Morgan fingerprint density at radius 1 is 1.10 bits per heavy atom. The number of carbonyl (C=O) groups excluding carboxylic acids is 3. The van der Waals surface area contributed by atoms with Crippen LogP contribution >= 0.6 is 0 Å². The number of para-hydroxylation sites is 1. The summed E-state index contributed by atoms with van der Waals surface area (Å²) in [5.74, 6) is -0.394. The van der Waals surface area contributed by atoms with Gasteiger partial charge in [-0.1, -0.05) is 38.0 Å². The molecule has 1 aromatic carbocycles. The van der Waals surface area contributed by atoms with E-state index in [0.717, 1.165) is 35.7 Å². The number of aromatic amines is 1. The Labute approximate surface area is 182 Å². The van der Waals surface area contributed by atoms with Crippen molar-refractivity contribution in [2.24, 2.45) is 5.73 Å². The van der Waals surface area contributed by atoms with Crippen molar-refractivity contribution >= 4 is 28.6 Å². The molecule has 1 aliphatic heterocycles. The number of amides is 3. The van der Waals surface area contributed by atoms with E-state index in [0.29, 0.717) is 32.1 Å². The molecular weight excluding hydrogens is 394 g/mol. The van der Waals surface area contributed by atoms with Crippen LogP contribution in [-0.2, 0) is 20.8 Å². The molecule has 3 amide bonds. The second-order valence-corrected chi connectivity index (χ2v) is 8.25. The van der Waals surface area contributed by atoms with Gasteiger partial charge in [0.2, 0.25) is 17.7 Å². The molecule has 3 atom stereocenters. The quantitative estimate of drug-likeness (QED) is 0.277. The second-order valence-electron chi connectivity index (χ2n) is 8.25. The molecular formula is C23H33N5O3. The minimum Gasteiger partial charge on any atom is -0.361 e. The Balaban J connectivity index is 1.42. The molecule has 168 valence electrons. The summed E-state index contributed by atoms with van der Waals surface area (Å²) in [7, 11) is 0. The van der Waals surface area contributed by atoms with Gasteiger partial charge in [0.1, 0.15) is 12.1 Å². The molecule has 1 fully saturated rings. The number of rotatable bonds is 11. The second kappa shape index (κ2) is 10.9. The van der Waals surface area contributed by atoms with E-state index in [-0.39, 0.29) is 17.7 Å². The third-order valence-corrected chi connectivity index (χ3v) is 5.73. The average molecular weight is 428 g/mol. The molecule has 1 saturated heterocycles. The number of carbonyl (C=O) groups is 3. The molecule has 0 spiro atoms. The van der Waals surface area contributed by atoms with Crippen LogP contribution in [0.2, 0.25) is 0 Å². The fourth-order valence-corrected chi connectivity index (χ4v) is 3.97. The SMILES string of the molecule is CCCCCC(=O)NC(N)CCC[C@H]1NC(=O)[C@H](Cc2c[nH]c3ccccc23)NC1=O. The van der Waals surface area contributed by atoms with Crippen molar-refractivity contribution in [3.05, 3.63) is 36.0 Å². The van der Waals surface area contributed by atoms with Crippen molar-refractivity contribution in [1.29, 1.82) is 0 Å². The lowest BCUT2D eigenvalue weighted by Gasteiger charge is -2.29. The first kappa shape index (κ1) is 22.8. The lowest BCUT2D eigenvalue weighted by molar-refractivity contribution is -0.136. The normalized spacial score (nSPS) is 19.7. The minimum atomic E-state index is -0.590. The van der Waals surface area contributed by atoms with Crippen LogP contribution in [0.4, 0.5) is 0 Å². The van der Waals surface area contributed by atoms with Gasteiger partial charge in [0.25, 0.3) is 0 Å². The van der Waals surface area contributed by atoms with Crippen LogP contribution in [0.1, 0.15) is 57.4 Å². The van der Waals surface area contributed by atoms with Gasteiger partial charge in [0.05, 0.1) is 6.17 Å². The highest BCUT2D eigenvalue weighted by atomic mass is 16.2. The van der Waals surface area contributed by atoms with Gasteiger partial charge >= 0.3 is 0 Å². The molecule has 8 nitrogen and oxygen atoms in total. The highest BCUT2D eigenvalue weighted by Gasteiger charge is 2.33. The zero-order valence-electron chi connectivity index (χ0n) is 18.1. The van der Waals surface area contributed by atoms with E-state index in [1.165, 1.54) is 0 Å². The average Bonchev–Trinajstić information content (AvgIpc) is 3.14. The molecule has 31 heavy (non-hydrogen) atoms. The number of H-pyrrole nitrogens is 1. The van der Waals surface area contributed by atoms with Gasteiger partial charge in [0.15, 0.2) is 0 Å². The number of piperazine rings is 1. The molecule has 2 heterocycles. The van der Waals surface area contributed by atoms with Crippen LogP contribution in [0, 0.1) is 0 Å². The molecule has 0 bridgehead atoms. The zero-order chi connectivity index (χ0) is 22.2. The number of nitrogens with one attached hydrogen (secondary N) is 4. The Kier molecular flexibility index (Phi) is 8.06. The standard InChI is InChI=1S/C23H33N5O3/c1-2-3-4-12-21(29)28-20(24)11-7-10-18-22(30)27-19(23(31)26-18)13-15-14-25-17-9-6-5-8-16(15)17/h5-6,8-9,14,18-20,25H,2-4,7,10-13,24H2,1H3,(H,26,31)(H,27,30)(H,28,29)/t18-,19+,20?/m1/s1. The predicted molar refractivity (Wildman–Crippen MR) is 120 cm³/mol. The summed E-state index contributed by atoms with van der Waals surface area (Å²) < 4.78 is 0. The first-order valence-corrected chi connectivity index (χ1v) is 11.2. The van der Waals surface area contributed by atoms with E-state index >= 15 is 0 Å². The van der Waals surface area contributed by atoms with Gasteiger partial charge in [-0.25, -0.2) is 0 Å². The van der Waals surface area contributed by atoms with Crippen LogP contribution in [0.15, 0.2) is 30.5 Å². The van der Waals surface area contributed by atoms with E-state index in [4.69, 9.17) is 5.73 Å². The van der Waals surface area contributed by atoms with E-state index < -0.39 is 18.2 Å². The Morgan fingerprint density at radius 2 is 1.84 bits per heavy atom. The third-order valence-electron chi connectivity index (χ3n) is 5.73. The maximum Gasteiger partial charge on any atom is 0.243 e. The summed E-state index contributed by atoms with van der Waals surface area (Å²) in [6.07, 6.45) is 6.99. The monoisotopic (exact) mass is 427 g/mol. The van der Waals surface area contributed by atoms with Gasteiger partial charge in [0, 0.05) is 29.9 Å². The molecule has 1 unspecified atom stereocenters. The van der Waals surface area contributed by atoms with Crippen LogP contribution < -0.4 is 21.7 Å². The summed E-state index contributed by atoms with van der Waals surface area (Å²) in [6.45, 7) is 2.09. The summed E-state index contributed by atoms with van der Waals surface area (Å²) >= 11 is 0. The predicted octanol–water partition coefficient (Wildman–Crippen LogP) is 1.85. The van der Waals surface area contributed by atoms with E-state index in [1.807, 2.05) is 30.5 Å². The van der Waals surface area contributed by atoms with Gasteiger partial charge in [-0.2, -0.15) is 0 Å². The first-order chi connectivity index (χ1) is 15.0. The van der Waals surface area contributed by atoms with E-state index in [2.05, 4.69) is 27.9 Å². The van der Waals surface area contributed by atoms with Crippen molar-refractivity contribution in [2.75, 3.05) is 0 Å². The van der Waals surface area contributed by atoms with Gasteiger partial charge in [-0.3, -0.25) is 14.4 Å². The van der Waals surface area contributed by atoms with Crippen LogP contribution in [0.5, 0.6) is 0 Å². The lowest BCUT2D eigenvalue weighted by Crippen LogP contribution is -2.62. The molecule has 3 rings (SSSR count). The molecule has 8 heteroatoms. The van der Waals surface area contributed by atoms with E-state index in [9.17, 15) is 14.4 Å². The van der Waals surface area contributed by atoms with Crippen molar-refractivity contribution in [2.45, 2.75) is 76.5 Å². The van der Waals surface area contributed by atoms with Crippen LogP contribution in [-0.4, -0.2) is 41.0 Å². The fraction of sp³-hybridized carbons (Fsp3) is 0.522. The molecule has 1 aliphatic rings. The van der Waals surface area contributed by atoms with Gasteiger partial charge in [-0.15, -0.1) is 0 Å². The number of nitrogens with two attached hydrogens (primary N) is 1. The molecule has 0 radical (unpaired) electrons. The Hall–Kier alpha value is -2.87. The summed E-state index contributed by atoms with van der Waals surface area (Å²) in [4.78, 5) is 40.1. The molecule has 0 saturated carbocycles. The van der Waals surface area contributed by atoms with Crippen molar-refractivity contribution in [3.63, 3.8) is 0 Å². The Morgan fingerprint density at radius 3 is 2.65 bits per heavy atom. The maximum absolute atomic E-state index is 12.6. The highest BCUT2D eigenvalue weighted by molar-refractivity contribution is 5.97. The molecule has 0 aliphatic carbocycles. The number of fused-ring (bicyclic) bond motifs is 1. The van der Waals surface area contributed by atoms with Crippen LogP contribution in [0.25, 0.3) is 10.9 Å². The Bertz CT molecular complexity index is 910. The largest absolute Gasteiger partial charge is 0.361 e. The third kappa shape index (κ3) is 6.30. The van der Waals surface area contributed by atoms with Gasteiger partial charge in [-0.05, 0) is 37.3 Å². The summed E-state index contributed by atoms with van der Waals surface area (Å²) in [6, 6.07) is 6.72. The molecule has 2 aromatic rings. The summed E-state index contributed by atoms with van der Waals surface area (Å²) in [5, 5.41) is 9.53. The number of hydrogen-bond donors (Lipinski definition) is 5. The van der Waals surface area contributed by atoms with Crippen molar-refractivity contribution in [1.82, 2.24) is 20.9 Å².